The lowest BCUT2D eigenvalue weighted by atomic mass is 9.94. The summed E-state index contributed by atoms with van der Waals surface area (Å²) in [6, 6.07) is 14.2. The van der Waals surface area contributed by atoms with Gasteiger partial charge in [0.05, 0.1) is 13.0 Å². The van der Waals surface area contributed by atoms with Gasteiger partial charge in [0.25, 0.3) is 0 Å². The van der Waals surface area contributed by atoms with Gasteiger partial charge in [-0.25, -0.2) is 0 Å². The number of carbonyl (C=O) groups excluding carboxylic acids is 4. The lowest BCUT2D eigenvalue weighted by Gasteiger charge is -2.34. The van der Waals surface area contributed by atoms with Crippen LogP contribution >= 0.6 is 0 Å². The van der Waals surface area contributed by atoms with Gasteiger partial charge in [0.15, 0.2) is 0 Å². The predicted octanol–water partition coefficient (Wildman–Crippen LogP) is 2.77. The zero-order valence-corrected chi connectivity index (χ0v) is 26.3. The Bertz CT molecular complexity index is 1330. The fourth-order valence-electron chi connectivity index (χ4n) is 6.06. The van der Waals surface area contributed by atoms with Gasteiger partial charge >= 0.3 is 0 Å². The number of carbonyl (C=O) groups is 4. The first kappa shape index (κ1) is 32.5. The number of nitrogens with one attached hydrogen (secondary N) is 4. The highest BCUT2D eigenvalue weighted by Gasteiger charge is 2.32. The Morgan fingerprint density at radius 3 is 2.64 bits per heavy atom. The van der Waals surface area contributed by atoms with Crippen LogP contribution in [0.4, 0.5) is 0 Å². The van der Waals surface area contributed by atoms with E-state index in [2.05, 4.69) is 21.3 Å². The molecular formula is C35H47N5O5. The second-order valence-corrected chi connectivity index (χ2v) is 12.7. The van der Waals surface area contributed by atoms with E-state index in [9.17, 15) is 19.2 Å². The molecule has 1 unspecified atom stereocenters. The van der Waals surface area contributed by atoms with Crippen LogP contribution in [-0.2, 0) is 32.1 Å². The summed E-state index contributed by atoms with van der Waals surface area (Å²) in [6.45, 7) is 4.53. The van der Waals surface area contributed by atoms with Crippen molar-refractivity contribution in [2.24, 2.45) is 5.92 Å². The van der Waals surface area contributed by atoms with E-state index in [4.69, 9.17) is 4.74 Å². The largest absolute Gasteiger partial charge is 0.494 e. The summed E-state index contributed by atoms with van der Waals surface area (Å²) in [4.78, 5) is 55.7. The van der Waals surface area contributed by atoms with Crippen LogP contribution < -0.4 is 26.0 Å². The number of nitrogens with zero attached hydrogens (tertiary/aromatic N) is 1. The highest BCUT2D eigenvalue weighted by molar-refractivity contribution is 5.95. The van der Waals surface area contributed by atoms with E-state index in [-0.39, 0.29) is 37.1 Å². The molecule has 0 aromatic heterocycles. The first-order chi connectivity index (χ1) is 21.8. The number of ether oxygens (including phenoxy) is 1. The van der Waals surface area contributed by atoms with Crippen molar-refractivity contribution in [3.63, 3.8) is 0 Å². The number of hydrogen-bond acceptors (Lipinski definition) is 6. The predicted molar refractivity (Wildman–Crippen MR) is 171 cm³/mol. The molecule has 5 rings (SSSR count). The zero-order valence-electron chi connectivity index (χ0n) is 26.3. The third-order valence-electron chi connectivity index (χ3n) is 9.03. The van der Waals surface area contributed by atoms with Crippen molar-refractivity contribution in [3.05, 3.63) is 65.2 Å². The molecule has 1 saturated carbocycles. The third-order valence-corrected chi connectivity index (χ3v) is 9.03. The molecule has 1 saturated heterocycles. The summed E-state index contributed by atoms with van der Waals surface area (Å²) in [5, 5.41) is 12.0. The molecule has 10 nitrogen and oxygen atoms in total. The van der Waals surface area contributed by atoms with E-state index in [0.717, 1.165) is 54.5 Å². The first-order valence-corrected chi connectivity index (χ1v) is 16.5. The lowest BCUT2D eigenvalue weighted by molar-refractivity contribution is -0.138. The SMILES string of the molecule is Cc1ccc2cc1CNC(=O)[C@H](CCc1ccccc1)NC(=O)[C@@H](NC(=O)CCNC1CC1)CC(=O)N1CCCC(CCO2)C1. The lowest BCUT2D eigenvalue weighted by Crippen LogP contribution is -2.55. The molecule has 242 valence electrons. The molecule has 2 heterocycles. The number of hydrogen-bond donors (Lipinski definition) is 4. The third kappa shape index (κ3) is 10.0. The summed E-state index contributed by atoms with van der Waals surface area (Å²) in [6.07, 6.45) is 5.89. The second-order valence-electron chi connectivity index (χ2n) is 12.7. The minimum atomic E-state index is -1.08. The Labute approximate surface area is 266 Å². The van der Waals surface area contributed by atoms with Crippen molar-refractivity contribution in [1.82, 2.24) is 26.2 Å². The number of benzene rings is 2. The van der Waals surface area contributed by atoms with Crippen LogP contribution in [0.1, 0.15) is 68.1 Å². The van der Waals surface area contributed by atoms with Crippen molar-refractivity contribution in [2.75, 3.05) is 26.2 Å². The van der Waals surface area contributed by atoms with Crippen LogP contribution in [0.3, 0.4) is 0 Å². The van der Waals surface area contributed by atoms with Gasteiger partial charge in [0.2, 0.25) is 23.6 Å². The van der Waals surface area contributed by atoms with Gasteiger partial charge in [-0.15, -0.1) is 0 Å². The van der Waals surface area contributed by atoms with E-state index in [1.165, 1.54) is 0 Å². The second kappa shape index (κ2) is 15.9. The smallest absolute Gasteiger partial charge is 0.243 e. The summed E-state index contributed by atoms with van der Waals surface area (Å²) < 4.78 is 6.10. The minimum absolute atomic E-state index is 0.159. The van der Waals surface area contributed by atoms with Crippen molar-refractivity contribution in [2.45, 2.75) is 89.4 Å². The Kier molecular flexibility index (Phi) is 11.5. The fourth-order valence-corrected chi connectivity index (χ4v) is 6.06. The average molecular weight is 618 g/mol. The highest BCUT2D eigenvalue weighted by atomic mass is 16.5. The van der Waals surface area contributed by atoms with E-state index in [1.807, 2.05) is 60.4 Å². The molecular weight excluding hydrogens is 570 g/mol. The van der Waals surface area contributed by atoms with Gasteiger partial charge in [-0.2, -0.15) is 0 Å². The molecule has 3 atom stereocenters. The van der Waals surface area contributed by atoms with Crippen LogP contribution in [-0.4, -0.2) is 72.9 Å². The molecule has 3 aliphatic rings. The maximum atomic E-state index is 13.8. The van der Waals surface area contributed by atoms with E-state index < -0.39 is 18.0 Å². The summed E-state index contributed by atoms with van der Waals surface area (Å²) in [5.41, 5.74) is 3.01. The van der Waals surface area contributed by atoms with Gasteiger partial charge in [-0.05, 0) is 86.6 Å². The van der Waals surface area contributed by atoms with Crippen LogP contribution in [0.15, 0.2) is 48.5 Å². The summed E-state index contributed by atoms with van der Waals surface area (Å²) in [7, 11) is 0. The number of fused-ring (bicyclic) bond motifs is 4. The Balaban J connectivity index is 1.36. The molecule has 4 bridgehead atoms. The maximum Gasteiger partial charge on any atom is 0.243 e. The highest BCUT2D eigenvalue weighted by Crippen LogP contribution is 2.23. The molecule has 2 fully saturated rings. The molecule has 4 N–H and O–H groups in total. The standard InChI is InChI=1S/C35H47N5O5/c1-24-9-13-29-20-27(24)22-37-34(43)30(14-10-25-6-3-2-4-7-25)39-35(44)31(38-32(41)15-17-36-28-11-12-28)21-33(42)40-18-5-8-26(23-40)16-19-45-29/h2-4,6-7,9,13,20,26,28,30-31,36H,5,8,10-12,14-19,21-23H2,1H3,(H,37,43)(H,38,41)(H,39,44)/t26?,30-,31-/m0/s1. The van der Waals surface area contributed by atoms with Gasteiger partial charge in [0, 0.05) is 38.6 Å². The van der Waals surface area contributed by atoms with E-state index >= 15 is 0 Å². The molecule has 1 aliphatic carbocycles. The van der Waals surface area contributed by atoms with Gasteiger partial charge in [-0.3, -0.25) is 19.2 Å². The van der Waals surface area contributed by atoms with Crippen LogP contribution in [0.2, 0.25) is 0 Å². The molecule has 45 heavy (non-hydrogen) atoms. The number of piperidine rings is 1. The Morgan fingerprint density at radius 1 is 1.02 bits per heavy atom. The van der Waals surface area contributed by atoms with Crippen molar-refractivity contribution in [3.8, 4) is 5.75 Å². The topological polar surface area (TPSA) is 129 Å². The van der Waals surface area contributed by atoms with Gasteiger partial charge < -0.3 is 30.9 Å². The Hall–Kier alpha value is -3.92. The van der Waals surface area contributed by atoms with Crippen LogP contribution in [0, 0.1) is 12.8 Å². The molecule has 0 spiro atoms. The molecule has 0 radical (unpaired) electrons. The van der Waals surface area contributed by atoms with Gasteiger partial charge in [0.1, 0.15) is 17.8 Å². The maximum absolute atomic E-state index is 13.8. The number of rotatable bonds is 8. The number of amides is 4. The summed E-state index contributed by atoms with van der Waals surface area (Å²) >= 11 is 0. The molecule has 2 aromatic carbocycles. The van der Waals surface area contributed by atoms with Crippen LogP contribution in [0.5, 0.6) is 5.75 Å². The average Bonchev–Trinajstić information content (AvgIpc) is 3.87. The molecule has 2 aromatic rings. The van der Waals surface area contributed by atoms with Gasteiger partial charge in [-0.1, -0.05) is 36.4 Å². The molecule has 4 amide bonds. The minimum Gasteiger partial charge on any atom is -0.494 e. The normalized spacial score (nSPS) is 23.2. The van der Waals surface area contributed by atoms with Crippen molar-refractivity contribution < 1.29 is 23.9 Å². The summed E-state index contributed by atoms with van der Waals surface area (Å²) in [5.74, 6) is -0.284. The quantitative estimate of drug-likeness (QED) is 0.361. The van der Waals surface area contributed by atoms with E-state index in [0.29, 0.717) is 51.0 Å². The molecule has 2 aliphatic heterocycles. The first-order valence-electron chi connectivity index (χ1n) is 16.5. The molecule has 10 heteroatoms. The monoisotopic (exact) mass is 617 g/mol. The van der Waals surface area contributed by atoms with E-state index in [1.54, 1.807) is 0 Å². The number of aryl methyl sites for hydroxylation is 2. The van der Waals surface area contributed by atoms with Crippen molar-refractivity contribution in [1.29, 1.82) is 0 Å². The van der Waals surface area contributed by atoms with Crippen LogP contribution in [0.25, 0.3) is 0 Å². The van der Waals surface area contributed by atoms with Crippen molar-refractivity contribution >= 4 is 23.6 Å². The fraction of sp³-hybridized carbons (Fsp3) is 0.543. The Morgan fingerprint density at radius 2 is 1.84 bits per heavy atom. The zero-order chi connectivity index (χ0) is 31.6.